The molecule has 0 fully saturated rings. The number of rotatable bonds is 4. The van der Waals surface area contributed by atoms with Crippen LogP contribution in [-0.4, -0.2) is 13.0 Å². The first-order chi connectivity index (χ1) is 10.0. The summed E-state index contributed by atoms with van der Waals surface area (Å²) in [5, 5.41) is 2.99. The number of nitrogens with two attached hydrogens (primary N) is 1. The molecule has 2 rings (SSSR count). The van der Waals surface area contributed by atoms with Gasteiger partial charge in [0.25, 0.3) is 5.91 Å². The van der Waals surface area contributed by atoms with Gasteiger partial charge in [0.15, 0.2) is 0 Å². The molecule has 4 nitrogen and oxygen atoms in total. The second-order valence-electron chi connectivity index (χ2n) is 5.05. The summed E-state index contributed by atoms with van der Waals surface area (Å²) in [5.74, 6) is 0.667. The van der Waals surface area contributed by atoms with Crippen LogP contribution < -0.4 is 15.8 Å². The molecule has 0 aliphatic rings. The molecule has 21 heavy (non-hydrogen) atoms. The van der Waals surface area contributed by atoms with Crippen LogP contribution in [0, 0.1) is 6.92 Å². The highest BCUT2D eigenvalue weighted by atomic mass is 16.5. The molecule has 1 unspecified atom stereocenters. The lowest BCUT2D eigenvalue weighted by Gasteiger charge is -2.16. The van der Waals surface area contributed by atoms with Crippen molar-refractivity contribution >= 4 is 11.6 Å². The van der Waals surface area contributed by atoms with Crippen molar-refractivity contribution in [2.45, 2.75) is 19.9 Å². The SMILES string of the molecule is COc1cccc(C(C)NC(=O)c2ccc(N)cc2C)c1. The smallest absolute Gasteiger partial charge is 0.252 e. The minimum Gasteiger partial charge on any atom is -0.497 e. The van der Waals surface area contributed by atoms with Gasteiger partial charge in [-0.2, -0.15) is 0 Å². The topological polar surface area (TPSA) is 64.3 Å². The third-order valence-electron chi connectivity index (χ3n) is 3.44. The number of nitrogen functional groups attached to an aromatic ring is 1. The van der Waals surface area contributed by atoms with Crippen LogP contribution in [0.1, 0.15) is 34.5 Å². The van der Waals surface area contributed by atoms with Crippen LogP contribution in [0.4, 0.5) is 5.69 Å². The minimum absolute atomic E-state index is 0.107. The molecule has 2 aromatic carbocycles. The number of carbonyl (C=O) groups is 1. The lowest BCUT2D eigenvalue weighted by Crippen LogP contribution is -2.27. The predicted octanol–water partition coefficient (Wildman–Crippen LogP) is 3.08. The fraction of sp³-hybridized carbons (Fsp3) is 0.235. The standard InChI is InChI=1S/C17H20N2O2/c1-11-9-14(18)7-8-16(11)17(20)19-12(2)13-5-4-6-15(10-13)21-3/h4-10,12H,18H2,1-3H3,(H,19,20). The van der Waals surface area contributed by atoms with Gasteiger partial charge in [-0.1, -0.05) is 12.1 Å². The van der Waals surface area contributed by atoms with Crippen molar-refractivity contribution in [1.29, 1.82) is 0 Å². The summed E-state index contributed by atoms with van der Waals surface area (Å²) in [6.07, 6.45) is 0. The maximum atomic E-state index is 12.3. The zero-order valence-corrected chi connectivity index (χ0v) is 12.5. The Labute approximate surface area is 124 Å². The molecule has 0 bridgehead atoms. The van der Waals surface area contributed by atoms with Gasteiger partial charge in [-0.3, -0.25) is 4.79 Å². The Balaban J connectivity index is 2.14. The molecule has 0 radical (unpaired) electrons. The second-order valence-corrected chi connectivity index (χ2v) is 5.05. The molecular formula is C17H20N2O2. The van der Waals surface area contributed by atoms with E-state index in [9.17, 15) is 4.79 Å². The van der Waals surface area contributed by atoms with Crippen molar-refractivity contribution in [2.24, 2.45) is 0 Å². The maximum Gasteiger partial charge on any atom is 0.252 e. The van der Waals surface area contributed by atoms with Gasteiger partial charge < -0.3 is 15.8 Å². The van der Waals surface area contributed by atoms with E-state index in [1.54, 1.807) is 25.3 Å². The third-order valence-corrected chi connectivity index (χ3v) is 3.44. The van der Waals surface area contributed by atoms with Gasteiger partial charge in [-0.05, 0) is 55.3 Å². The number of anilines is 1. The molecule has 0 aliphatic carbocycles. The first kappa shape index (κ1) is 14.9. The summed E-state index contributed by atoms with van der Waals surface area (Å²) in [6.45, 7) is 3.82. The Morgan fingerprint density at radius 3 is 2.67 bits per heavy atom. The number of carbonyl (C=O) groups excluding carboxylic acids is 1. The van der Waals surface area contributed by atoms with Crippen LogP contribution in [0.25, 0.3) is 0 Å². The Bertz CT molecular complexity index is 653. The first-order valence-corrected chi connectivity index (χ1v) is 6.82. The maximum absolute atomic E-state index is 12.3. The highest BCUT2D eigenvalue weighted by molar-refractivity contribution is 5.96. The molecule has 0 heterocycles. The van der Waals surface area contributed by atoms with E-state index in [-0.39, 0.29) is 11.9 Å². The molecule has 0 saturated heterocycles. The van der Waals surface area contributed by atoms with Gasteiger partial charge >= 0.3 is 0 Å². The Morgan fingerprint density at radius 1 is 1.24 bits per heavy atom. The van der Waals surface area contributed by atoms with Crippen LogP contribution >= 0.6 is 0 Å². The molecule has 2 aromatic rings. The number of benzene rings is 2. The van der Waals surface area contributed by atoms with Crippen LogP contribution in [-0.2, 0) is 0 Å². The van der Waals surface area contributed by atoms with Crippen molar-refractivity contribution < 1.29 is 9.53 Å². The zero-order valence-electron chi connectivity index (χ0n) is 12.5. The summed E-state index contributed by atoms with van der Waals surface area (Å²) in [5.41, 5.74) is 8.86. The summed E-state index contributed by atoms with van der Waals surface area (Å²) < 4.78 is 5.20. The lowest BCUT2D eigenvalue weighted by atomic mass is 10.0. The minimum atomic E-state index is -0.109. The van der Waals surface area contributed by atoms with Gasteiger partial charge in [0.1, 0.15) is 5.75 Å². The van der Waals surface area contributed by atoms with Gasteiger partial charge in [0.2, 0.25) is 0 Å². The fourth-order valence-corrected chi connectivity index (χ4v) is 2.21. The van der Waals surface area contributed by atoms with E-state index in [1.165, 1.54) is 0 Å². The molecular weight excluding hydrogens is 264 g/mol. The van der Waals surface area contributed by atoms with Crippen molar-refractivity contribution in [3.8, 4) is 5.75 Å². The van der Waals surface area contributed by atoms with Crippen molar-refractivity contribution in [3.05, 3.63) is 59.2 Å². The van der Waals surface area contributed by atoms with E-state index in [0.717, 1.165) is 16.9 Å². The molecule has 110 valence electrons. The van der Waals surface area contributed by atoms with E-state index in [4.69, 9.17) is 10.5 Å². The summed E-state index contributed by atoms with van der Waals surface area (Å²) >= 11 is 0. The predicted molar refractivity (Wildman–Crippen MR) is 84.5 cm³/mol. The summed E-state index contributed by atoms with van der Waals surface area (Å²) in [7, 11) is 1.63. The van der Waals surface area contributed by atoms with E-state index >= 15 is 0 Å². The van der Waals surface area contributed by atoms with E-state index in [1.807, 2.05) is 38.1 Å². The van der Waals surface area contributed by atoms with Crippen molar-refractivity contribution in [3.63, 3.8) is 0 Å². The van der Waals surface area contributed by atoms with Gasteiger partial charge in [0, 0.05) is 11.3 Å². The average Bonchev–Trinajstić information content (AvgIpc) is 2.47. The number of methoxy groups -OCH3 is 1. The molecule has 0 aliphatic heterocycles. The van der Waals surface area contributed by atoms with E-state index < -0.39 is 0 Å². The van der Waals surface area contributed by atoms with Gasteiger partial charge in [-0.25, -0.2) is 0 Å². The number of aryl methyl sites for hydroxylation is 1. The van der Waals surface area contributed by atoms with Crippen LogP contribution in [0.5, 0.6) is 5.75 Å². The third kappa shape index (κ3) is 3.54. The van der Waals surface area contributed by atoms with Crippen LogP contribution in [0.3, 0.4) is 0 Å². The van der Waals surface area contributed by atoms with Crippen LogP contribution in [0.15, 0.2) is 42.5 Å². The van der Waals surface area contributed by atoms with E-state index in [2.05, 4.69) is 5.32 Å². The number of ether oxygens (including phenoxy) is 1. The molecule has 0 saturated carbocycles. The Kier molecular flexibility index (Phi) is 4.48. The number of hydrogen-bond donors (Lipinski definition) is 2. The Hall–Kier alpha value is -2.49. The van der Waals surface area contributed by atoms with E-state index in [0.29, 0.717) is 11.3 Å². The van der Waals surface area contributed by atoms with Gasteiger partial charge in [0.05, 0.1) is 13.2 Å². The summed E-state index contributed by atoms with van der Waals surface area (Å²) in [4.78, 5) is 12.3. The largest absolute Gasteiger partial charge is 0.497 e. The lowest BCUT2D eigenvalue weighted by molar-refractivity contribution is 0.0939. The molecule has 1 atom stereocenters. The highest BCUT2D eigenvalue weighted by Crippen LogP contribution is 2.20. The average molecular weight is 284 g/mol. The van der Waals surface area contributed by atoms with Crippen molar-refractivity contribution in [2.75, 3.05) is 12.8 Å². The number of hydrogen-bond acceptors (Lipinski definition) is 3. The normalized spacial score (nSPS) is 11.8. The fourth-order valence-electron chi connectivity index (χ4n) is 2.21. The highest BCUT2D eigenvalue weighted by Gasteiger charge is 2.13. The molecule has 4 heteroatoms. The molecule has 3 N–H and O–H groups in total. The molecule has 1 amide bonds. The molecule has 0 spiro atoms. The second kappa shape index (κ2) is 6.31. The monoisotopic (exact) mass is 284 g/mol. The number of amides is 1. The Morgan fingerprint density at radius 2 is 2.00 bits per heavy atom. The van der Waals surface area contributed by atoms with Crippen LogP contribution in [0.2, 0.25) is 0 Å². The number of nitrogens with one attached hydrogen (secondary N) is 1. The van der Waals surface area contributed by atoms with Gasteiger partial charge in [-0.15, -0.1) is 0 Å². The zero-order chi connectivity index (χ0) is 15.4. The quantitative estimate of drug-likeness (QED) is 0.848. The summed E-state index contributed by atoms with van der Waals surface area (Å²) in [6, 6.07) is 12.8. The van der Waals surface area contributed by atoms with Crippen molar-refractivity contribution in [1.82, 2.24) is 5.32 Å². The first-order valence-electron chi connectivity index (χ1n) is 6.82. The molecule has 0 aromatic heterocycles.